The van der Waals surface area contributed by atoms with Gasteiger partial charge in [0.2, 0.25) is 0 Å². The van der Waals surface area contributed by atoms with Crippen molar-refractivity contribution in [3.8, 4) is 5.75 Å². The Balaban J connectivity index is 2.09. The summed E-state index contributed by atoms with van der Waals surface area (Å²) >= 11 is 0. The molecular formula is C14H19NO4. The molecule has 1 aliphatic rings. The molecule has 1 aromatic rings. The summed E-state index contributed by atoms with van der Waals surface area (Å²) in [5, 5.41) is 19.2. The number of hydrogen-bond donors (Lipinski definition) is 2. The van der Waals surface area contributed by atoms with Gasteiger partial charge >= 0.3 is 5.97 Å². The minimum Gasteiger partial charge on any atom is -0.497 e. The number of rotatable bonds is 4. The molecule has 5 nitrogen and oxygen atoms in total. The summed E-state index contributed by atoms with van der Waals surface area (Å²) in [7, 11) is 1.61. The molecule has 1 saturated heterocycles. The summed E-state index contributed by atoms with van der Waals surface area (Å²) in [6.45, 7) is 1.18. The van der Waals surface area contributed by atoms with Crippen molar-refractivity contribution in [2.24, 2.45) is 0 Å². The Kier molecular flexibility index (Phi) is 3.95. The molecule has 0 saturated carbocycles. The zero-order valence-corrected chi connectivity index (χ0v) is 11.0. The van der Waals surface area contributed by atoms with E-state index in [2.05, 4.69) is 0 Å². The molecule has 1 atom stereocenters. The SMILES string of the molecule is COc1ccc(N2CCCC(O)(CC(=O)O)C2)cc1. The van der Waals surface area contributed by atoms with Crippen molar-refractivity contribution in [3.05, 3.63) is 24.3 Å². The first-order valence-electron chi connectivity index (χ1n) is 6.36. The monoisotopic (exact) mass is 265 g/mol. The second-order valence-corrected chi connectivity index (χ2v) is 5.02. The van der Waals surface area contributed by atoms with Crippen LogP contribution in [0.15, 0.2) is 24.3 Å². The maximum atomic E-state index is 10.8. The van der Waals surface area contributed by atoms with E-state index in [0.717, 1.165) is 24.4 Å². The average molecular weight is 265 g/mol. The average Bonchev–Trinajstić information content (AvgIpc) is 2.37. The molecule has 0 aromatic heterocycles. The van der Waals surface area contributed by atoms with E-state index in [1.807, 2.05) is 29.2 Å². The van der Waals surface area contributed by atoms with E-state index in [1.54, 1.807) is 7.11 Å². The molecule has 0 aliphatic carbocycles. The van der Waals surface area contributed by atoms with Crippen molar-refractivity contribution in [3.63, 3.8) is 0 Å². The second-order valence-electron chi connectivity index (χ2n) is 5.02. The van der Waals surface area contributed by atoms with Gasteiger partial charge in [-0.05, 0) is 37.1 Å². The highest BCUT2D eigenvalue weighted by molar-refractivity contribution is 5.68. The third kappa shape index (κ3) is 3.38. The molecule has 5 heteroatoms. The quantitative estimate of drug-likeness (QED) is 0.863. The summed E-state index contributed by atoms with van der Waals surface area (Å²) in [5.74, 6) is -0.180. The largest absolute Gasteiger partial charge is 0.497 e. The van der Waals surface area contributed by atoms with Crippen LogP contribution in [0.3, 0.4) is 0 Å². The number of anilines is 1. The first-order valence-corrected chi connectivity index (χ1v) is 6.36. The van der Waals surface area contributed by atoms with Crippen LogP contribution in [-0.2, 0) is 4.79 Å². The molecule has 104 valence electrons. The standard InChI is InChI=1S/C14H19NO4/c1-19-12-5-3-11(4-6-12)15-8-2-7-14(18,10-15)9-13(16)17/h3-6,18H,2,7-10H2,1H3,(H,16,17). The molecule has 1 fully saturated rings. The summed E-state index contributed by atoms with van der Waals surface area (Å²) in [6, 6.07) is 7.57. The summed E-state index contributed by atoms with van der Waals surface area (Å²) < 4.78 is 5.10. The van der Waals surface area contributed by atoms with Crippen LogP contribution in [0.4, 0.5) is 5.69 Å². The summed E-state index contributed by atoms with van der Waals surface area (Å²) in [6.07, 6.45) is 1.11. The van der Waals surface area contributed by atoms with Gasteiger partial charge in [0.15, 0.2) is 0 Å². The maximum absolute atomic E-state index is 10.8. The molecule has 0 spiro atoms. The van der Waals surface area contributed by atoms with E-state index in [9.17, 15) is 9.90 Å². The third-order valence-electron chi connectivity index (χ3n) is 3.47. The van der Waals surface area contributed by atoms with Crippen molar-refractivity contribution in [1.29, 1.82) is 0 Å². The lowest BCUT2D eigenvalue weighted by Crippen LogP contribution is -2.49. The number of hydrogen-bond acceptors (Lipinski definition) is 4. The highest BCUT2D eigenvalue weighted by Crippen LogP contribution is 2.29. The van der Waals surface area contributed by atoms with Crippen LogP contribution >= 0.6 is 0 Å². The highest BCUT2D eigenvalue weighted by atomic mass is 16.5. The van der Waals surface area contributed by atoms with Gasteiger partial charge in [0.05, 0.1) is 19.1 Å². The van der Waals surface area contributed by atoms with Crippen LogP contribution in [0, 0.1) is 0 Å². The Hall–Kier alpha value is -1.75. The predicted octanol–water partition coefficient (Wildman–Crippen LogP) is 1.50. The van der Waals surface area contributed by atoms with E-state index in [1.165, 1.54) is 0 Å². The number of aliphatic carboxylic acids is 1. The number of benzene rings is 1. The van der Waals surface area contributed by atoms with Gasteiger partial charge in [-0.25, -0.2) is 0 Å². The molecule has 1 aliphatic heterocycles. The first-order chi connectivity index (χ1) is 9.02. The number of carboxylic acids is 1. The number of piperidine rings is 1. The Morgan fingerprint density at radius 1 is 1.42 bits per heavy atom. The van der Waals surface area contributed by atoms with Crippen molar-refractivity contribution in [2.75, 3.05) is 25.1 Å². The summed E-state index contributed by atoms with van der Waals surface area (Å²) in [4.78, 5) is 12.8. The second kappa shape index (κ2) is 5.48. The van der Waals surface area contributed by atoms with Gasteiger partial charge in [0, 0.05) is 18.8 Å². The molecule has 0 amide bonds. The van der Waals surface area contributed by atoms with Gasteiger partial charge in [-0.15, -0.1) is 0 Å². The zero-order valence-electron chi connectivity index (χ0n) is 11.0. The highest BCUT2D eigenvalue weighted by Gasteiger charge is 2.35. The lowest BCUT2D eigenvalue weighted by atomic mass is 9.89. The Bertz CT molecular complexity index is 445. The number of nitrogens with zero attached hydrogens (tertiary/aromatic N) is 1. The van der Waals surface area contributed by atoms with Crippen molar-refractivity contribution < 1.29 is 19.7 Å². The van der Waals surface area contributed by atoms with Gasteiger partial charge in [0.25, 0.3) is 0 Å². The predicted molar refractivity (Wildman–Crippen MR) is 71.6 cm³/mol. The first kappa shape index (κ1) is 13.7. The van der Waals surface area contributed by atoms with Gasteiger partial charge in [-0.2, -0.15) is 0 Å². The van der Waals surface area contributed by atoms with Gasteiger partial charge in [-0.1, -0.05) is 0 Å². The van der Waals surface area contributed by atoms with Crippen molar-refractivity contribution in [2.45, 2.75) is 24.9 Å². The van der Waals surface area contributed by atoms with Gasteiger partial charge in [-0.3, -0.25) is 4.79 Å². The molecule has 0 radical (unpaired) electrons. The number of ether oxygens (including phenoxy) is 1. The van der Waals surface area contributed by atoms with Gasteiger partial charge < -0.3 is 19.8 Å². The van der Waals surface area contributed by atoms with E-state index in [0.29, 0.717) is 13.0 Å². The molecule has 1 heterocycles. The van der Waals surface area contributed by atoms with Crippen LogP contribution in [0.1, 0.15) is 19.3 Å². The fourth-order valence-corrected chi connectivity index (χ4v) is 2.55. The van der Waals surface area contributed by atoms with Crippen LogP contribution in [0.25, 0.3) is 0 Å². The number of β-amino-alcohol motifs (C(OH)–C–C–N with tert-alkyl or cyclic N) is 1. The van der Waals surface area contributed by atoms with Crippen LogP contribution in [-0.4, -0.2) is 42.0 Å². The summed E-state index contributed by atoms with van der Waals surface area (Å²) in [5.41, 5.74) is -0.159. The number of aliphatic hydroxyl groups is 1. The molecule has 1 aromatic carbocycles. The van der Waals surface area contributed by atoms with Crippen molar-refractivity contribution >= 4 is 11.7 Å². The number of methoxy groups -OCH3 is 1. The molecule has 2 N–H and O–H groups in total. The van der Waals surface area contributed by atoms with Gasteiger partial charge in [0.1, 0.15) is 5.75 Å². The van der Waals surface area contributed by atoms with E-state index in [-0.39, 0.29) is 6.42 Å². The topological polar surface area (TPSA) is 70.0 Å². The van der Waals surface area contributed by atoms with Crippen LogP contribution in [0.5, 0.6) is 5.75 Å². The fraction of sp³-hybridized carbons (Fsp3) is 0.500. The minimum atomic E-state index is -1.13. The molecule has 19 heavy (non-hydrogen) atoms. The molecular weight excluding hydrogens is 246 g/mol. The maximum Gasteiger partial charge on any atom is 0.306 e. The third-order valence-corrected chi connectivity index (χ3v) is 3.47. The Morgan fingerprint density at radius 2 is 2.11 bits per heavy atom. The van der Waals surface area contributed by atoms with E-state index < -0.39 is 11.6 Å². The molecule has 1 unspecified atom stereocenters. The fourth-order valence-electron chi connectivity index (χ4n) is 2.55. The minimum absolute atomic E-state index is 0.209. The van der Waals surface area contributed by atoms with Crippen LogP contribution < -0.4 is 9.64 Å². The number of carboxylic acid groups (broad SMARTS) is 1. The van der Waals surface area contributed by atoms with Crippen molar-refractivity contribution in [1.82, 2.24) is 0 Å². The Labute approximate surface area is 112 Å². The lowest BCUT2D eigenvalue weighted by Gasteiger charge is -2.39. The Morgan fingerprint density at radius 3 is 2.68 bits per heavy atom. The van der Waals surface area contributed by atoms with E-state index >= 15 is 0 Å². The zero-order chi connectivity index (χ0) is 13.9. The number of carbonyl (C=O) groups is 1. The molecule has 2 rings (SSSR count). The van der Waals surface area contributed by atoms with E-state index in [4.69, 9.17) is 9.84 Å². The smallest absolute Gasteiger partial charge is 0.306 e. The normalized spacial score (nSPS) is 23.2. The van der Waals surface area contributed by atoms with Crippen LogP contribution in [0.2, 0.25) is 0 Å². The molecule has 0 bridgehead atoms. The lowest BCUT2D eigenvalue weighted by molar-refractivity contribution is -0.142.